The van der Waals surface area contributed by atoms with Crippen LogP contribution in [0.2, 0.25) is 0 Å². The lowest BCUT2D eigenvalue weighted by Gasteiger charge is -2.32. The van der Waals surface area contributed by atoms with Gasteiger partial charge in [-0.3, -0.25) is 5.41 Å². The molecule has 19 heavy (non-hydrogen) atoms. The number of carbonyl (C=O) groups is 1. The molecule has 0 aliphatic heterocycles. The molecule has 0 saturated heterocycles. The highest BCUT2D eigenvalue weighted by molar-refractivity contribution is 5.85. The van der Waals surface area contributed by atoms with Crippen LogP contribution < -0.4 is 11.1 Å². The fraction of sp³-hybridized carbons (Fsp3) is 0.857. The van der Waals surface area contributed by atoms with Crippen LogP contribution in [0.1, 0.15) is 57.8 Å². The van der Waals surface area contributed by atoms with Gasteiger partial charge in [0.25, 0.3) is 0 Å². The number of amidine groups is 1. The molecule has 5 heteroatoms. The first-order chi connectivity index (χ1) is 9.16. The zero-order valence-electron chi connectivity index (χ0n) is 11.7. The van der Waals surface area contributed by atoms with Gasteiger partial charge in [-0.2, -0.15) is 0 Å². The zero-order valence-corrected chi connectivity index (χ0v) is 11.7. The van der Waals surface area contributed by atoms with Crippen LogP contribution >= 0.6 is 0 Å². The number of nitrogens with zero attached hydrogens (tertiary/aromatic N) is 1. The molecule has 2 rings (SSSR count). The van der Waals surface area contributed by atoms with Gasteiger partial charge in [0, 0.05) is 12.1 Å². The van der Waals surface area contributed by atoms with Crippen molar-refractivity contribution >= 4 is 11.9 Å². The second kappa shape index (κ2) is 6.78. The maximum absolute atomic E-state index is 12.4. The van der Waals surface area contributed by atoms with E-state index in [-0.39, 0.29) is 24.5 Å². The Morgan fingerprint density at radius 3 is 2.26 bits per heavy atom. The zero-order chi connectivity index (χ0) is 13.7. The lowest BCUT2D eigenvalue weighted by molar-refractivity contribution is 0.177. The number of hydrogen-bond acceptors (Lipinski definition) is 2. The van der Waals surface area contributed by atoms with Crippen LogP contribution in [0.4, 0.5) is 4.79 Å². The van der Waals surface area contributed by atoms with Crippen molar-refractivity contribution in [2.24, 2.45) is 5.73 Å². The minimum absolute atomic E-state index is 0.0194. The number of nitrogens with one attached hydrogen (secondary N) is 2. The lowest BCUT2D eigenvalue weighted by atomic mass is 9.96. The summed E-state index contributed by atoms with van der Waals surface area (Å²) in [5, 5.41) is 10.6. The monoisotopic (exact) mass is 266 g/mol. The Kier molecular flexibility index (Phi) is 5.05. The van der Waals surface area contributed by atoms with E-state index >= 15 is 0 Å². The first-order valence-corrected chi connectivity index (χ1v) is 7.57. The lowest BCUT2D eigenvalue weighted by Crippen LogP contribution is -2.51. The van der Waals surface area contributed by atoms with Crippen molar-refractivity contribution in [1.82, 2.24) is 10.2 Å². The topological polar surface area (TPSA) is 82.2 Å². The molecule has 0 radical (unpaired) electrons. The van der Waals surface area contributed by atoms with Gasteiger partial charge >= 0.3 is 6.03 Å². The Balaban J connectivity index is 1.91. The Morgan fingerprint density at radius 2 is 1.68 bits per heavy atom. The van der Waals surface area contributed by atoms with Crippen LogP contribution in [0.25, 0.3) is 0 Å². The van der Waals surface area contributed by atoms with E-state index in [1.807, 2.05) is 0 Å². The smallest absolute Gasteiger partial charge is 0.318 e. The molecule has 2 amide bonds. The van der Waals surface area contributed by atoms with Crippen molar-refractivity contribution in [1.29, 1.82) is 5.41 Å². The highest BCUT2D eigenvalue weighted by atomic mass is 16.2. The third-order valence-electron chi connectivity index (χ3n) is 4.30. The van der Waals surface area contributed by atoms with Crippen molar-refractivity contribution in [3.05, 3.63) is 0 Å². The molecule has 4 N–H and O–H groups in total. The Labute approximate surface area is 115 Å². The molecule has 0 aromatic rings. The van der Waals surface area contributed by atoms with E-state index in [1.54, 1.807) is 4.90 Å². The van der Waals surface area contributed by atoms with Gasteiger partial charge in [-0.25, -0.2) is 4.79 Å². The fourth-order valence-electron chi connectivity index (χ4n) is 3.27. The van der Waals surface area contributed by atoms with Crippen LogP contribution in [0.5, 0.6) is 0 Å². The van der Waals surface area contributed by atoms with Crippen LogP contribution in [-0.4, -0.2) is 35.4 Å². The highest BCUT2D eigenvalue weighted by Crippen LogP contribution is 2.24. The van der Waals surface area contributed by atoms with Gasteiger partial charge < -0.3 is 16.0 Å². The summed E-state index contributed by atoms with van der Waals surface area (Å²) in [6.07, 6.45) is 10.3. The second-order valence-corrected chi connectivity index (χ2v) is 5.88. The summed E-state index contributed by atoms with van der Waals surface area (Å²) < 4.78 is 0. The van der Waals surface area contributed by atoms with E-state index in [9.17, 15) is 4.79 Å². The molecule has 0 unspecified atom stereocenters. The molecule has 5 nitrogen and oxygen atoms in total. The summed E-state index contributed by atoms with van der Waals surface area (Å²) >= 11 is 0. The van der Waals surface area contributed by atoms with E-state index in [2.05, 4.69) is 5.32 Å². The fourth-order valence-corrected chi connectivity index (χ4v) is 3.27. The summed E-state index contributed by atoms with van der Waals surface area (Å²) in [5.74, 6) is 0.0747. The van der Waals surface area contributed by atoms with Gasteiger partial charge in [0.1, 0.15) is 5.84 Å². The highest BCUT2D eigenvalue weighted by Gasteiger charge is 2.28. The largest absolute Gasteiger partial charge is 0.386 e. The van der Waals surface area contributed by atoms with Gasteiger partial charge in [0.05, 0.1) is 6.54 Å². The quantitative estimate of drug-likeness (QED) is 0.538. The summed E-state index contributed by atoms with van der Waals surface area (Å²) in [6.45, 7) is 0.267. The Bertz CT molecular complexity index is 319. The van der Waals surface area contributed by atoms with Gasteiger partial charge in [0.15, 0.2) is 0 Å². The van der Waals surface area contributed by atoms with Gasteiger partial charge in [-0.1, -0.05) is 32.1 Å². The summed E-state index contributed by atoms with van der Waals surface area (Å²) in [7, 11) is 0. The molecular formula is C14H26N4O. The molecule has 0 heterocycles. The van der Waals surface area contributed by atoms with Crippen LogP contribution in [-0.2, 0) is 0 Å². The molecule has 108 valence electrons. The molecule has 0 spiro atoms. The first-order valence-electron chi connectivity index (χ1n) is 7.57. The van der Waals surface area contributed by atoms with Crippen molar-refractivity contribution in [3.63, 3.8) is 0 Å². The van der Waals surface area contributed by atoms with E-state index < -0.39 is 0 Å². The van der Waals surface area contributed by atoms with Crippen LogP contribution in [0, 0.1) is 5.41 Å². The second-order valence-electron chi connectivity index (χ2n) is 5.88. The van der Waals surface area contributed by atoms with E-state index in [1.165, 1.54) is 32.1 Å². The average molecular weight is 266 g/mol. The molecule has 0 atom stereocenters. The minimum atomic E-state index is -0.0194. The number of nitrogens with two attached hydrogens (primary N) is 1. The molecule has 2 saturated carbocycles. The van der Waals surface area contributed by atoms with Gasteiger partial charge in [-0.15, -0.1) is 0 Å². The molecule has 0 aromatic carbocycles. The van der Waals surface area contributed by atoms with Crippen LogP contribution in [0.15, 0.2) is 0 Å². The molecule has 2 fully saturated rings. The molecule has 2 aliphatic carbocycles. The van der Waals surface area contributed by atoms with Crippen molar-refractivity contribution in [2.45, 2.75) is 69.9 Å². The summed E-state index contributed by atoms with van der Waals surface area (Å²) in [6, 6.07) is 0.568. The number of hydrogen-bond donors (Lipinski definition) is 3. The van der Waals surface area contributed by atoms with Crippen molar-refractivity contribution in [2.75, 3.05) is 6.54 Å². The molecule has 0 bridgehead atoms. The maximum Gasteiger partial charge on any atom is 0.318 e. The van der Waals surface area contributed by atoms with Crippen molar-refractivity contribution < 1.29 is 4.79 Å². The predicted molar refractivity (Wildman–Crippen MR) is 76.3 cm³/mol. The Morgan fingerprint density at radius 1 is 1.11 bits per heavy atom. The number of carbonyl (C=O) groups excluding carboxylic acids is 1. The Hall–Kier alpha value is -1.26. The third kappa shape index (κ3) is 4.11. The van der Waals surface area contributed by atoms with E-state index in [4.69, 9.17) is 11.1 Å². The average Bonchev–Trinajstić information content (AvgIpc) is 2.90. The number of amides is 2. The van der Waals surface area contributed by atoms with Crippen LogP contribution in [0.3, 0.4) is 0 Å². The predicted octanol–water partition coefficient (Wildman–Crippen LogP) is 2.21. The normalized spacial score (nSPS) is 21.3. The summed E-state index contributed by atoms with van der Waals surface area (Å²) in [4.78, 5) is 14.2. The van der Waals surface area contributed by atoms with E-state index in [0.717, 1.165) is 25.7 Å². The third-order valence-corrected chi connectivity index (χ3v) is 4.30. The maximum atomic E-state index is 12.4. The summed E-state index contributed by atoms with van der Waals surface area (Å²) in [5.41, 5.74) is 5.49. The SMILES string of the molecule is N=C(N)CN(C(=O)NC1CCCCC1)C1CCCC1. The first kappa shape index (κ1) is 14.2. The molecular weight excluding hydrogens is 240 g/mol. The van der Waals surface area contributed by atoms with Crippen molar-refractivity contribution in [3.8, 4) is 0 Å². The van der Waals surface area contributed by atoms with E-state index in [0.29, 0.717) is 6.04 Å². The standard InChI is InChI=1S/C14H26N4O/c15-13(16)10-18(12-8-4-5-9-12)14(19)17-11-6-2-1-3-7-11/h11-12H,1-10H2,(H3,15,16)(H,17,19). The number of rotatable bonds is 4. The van der Waals surface area contributed by atoms with Gasteiger partial charge in [0.2, 0.25) is 0 Å². The molecule has 0 aromatic heterocycles. The minimum Gasteiger partial charge on any atom is -0.386 e. The van der Waals surface area contributed by atoms with Gasteiger partial charge in [-0.05, 0) is 25.7 Å². The molecule has 2 aliphatic rings. The number of urea groups is 1.